The molecule has 1 aromatic rings. The molecule has 0 amide bonds. The Morgan fingerprint density at radius 1 is 1.50 bits per heavy atom. The van der Waals surface area contributed by atoms with Gasteiger partial charge >= 0.3 is 5.97 Å². The predicted octanol–water partition coefficient (Wildman–Crippen LogP) is 1.26. The first kappa shape index (κ1) is 13.0. The van der Waals surface area contributed by atoms with Crippen LogP contribution in [-0.2, 0) is 9.53 Å². The maximum Gasteiger partial charge on any atom is 0.341 e. The molecule has 0 bridgehead atoms. The largest absolute Gasteiger partial charge is 0.462 e. The first-order valence-electron chi connectivity index (χ1n) is 5.16. The molecule has 8 heteroatoms. The topological polar surface area (TPSA) is 103 Å². The molecule has 0 saturated carbocycles. The lowest BCUT2D eigenvalue weighted by atomic mass is 10.1. The Balaban J connectivity index is 2.50. The second kappa shape index (κ2) is 5.06. The van der Waals surface area contributed by atoms with E-state index < -0.39 is 9.64 Å². The molecule has 0 spiro atoms. The van der Waals surface area contributed by atoms with Crippen LogP contribution in [0.25, 0.3) is 5.70 Å². The number of carbonyl (C=O) groups is 1. The fourth-order valence-corrected chi connectivity index (χ4v) is 1.99. The summed E-state index contributed by atoms with van der Waals surface area (Å²) in [5.41, 5.74) is 6.31. The average Bonchev–Trinajstić information content (AvgIpc) is 2.66. The van der Waals surface area contributed by atoms with Gasteiger partial charge in [-0.25, -0.2) is 14.8 Å². The number of nitrogens with zero attached hydrogens (tertiary/aromatic N) is 4. The Morgan fingerprint density at radius 3 is 2.78 bits per heavy atom. The van der Waals surface area contributed by atoms with Gasteiger partial charge in [0.1, 0.15) is 11.3 Å². The summed E-state index contributed by atoms with van der Waals surface area (Å²) in [6.45, 7) is 1.96. The molecule has 2 N–H and O–H groups in total. The van der Waals surface area contributed by atoms with E-state index in [1.807, 2.05) is 22.6 Å². The van der Waals surface area contributed by atoms with Gasteiger partial charge in [-0.3, -0.25) is 5.73 Å². The molecule has 1 aliphatic heterocycles. The molecule has 0 radical (unpaired) electrons. The number of esters is 1. The Kier molecular flexibility index (Phi) is 3.66. The smallest absolute Gasteiger partial charge is 0.341 e. The maximum atomic E-state index is 11.9. The highest BCUT2D eigenvalue weighted by Gasteiger charge is 2.41. The second-order valence-corrected chi connectivity index (χ2v) is 5.03. The number of ether oxygens (including phenoxy) is 1. The standard InChI is InChI=1S/C10H10IN5O2/c1-2-18-9(17)6-7(15-16-10(6,11)12)8-13-4-3-5-14-8/h3-5H,2,12H2,1H3. The molecule has 94 valence electrons. The van der Waals surface area contributed by atoms with Crippen molar-refractivity contribution >= 4 is 34.3 Å². The minimum Gasteiger partial charge on any atom is -0.462 e. The SMILES string of the molecule is CCOC(=O)C1=C(c2ncccn2)N=NC1(N)I. The van der Waals surface area contributed by atoms with Crippen LogP contribution in [0.5, 0.6) is 0 Å². The third-order valence-corrected chi connectivity index (χ3v) is 2.90. The van der Waals surface area contributed by atoms with E-state index in [1.54, 1.807) is 25.4 Å². The molecule has 0 aliphatic carbocycles. The van der Waals surface area contributed by atoms with E-state index in [0.717, 1.165) is 0 Å². The van der Waals surface area contributed by atoms with Gasteiger partial charge in [-0.15, -0.1) is 10.2 Å². The number of hydrogen-bond donors (Lipinski definition) is 1. The van der Waals surface area contributed by atoms with E-state index >= 15 is 0 Å². The van der Waals surface area contributed by atoms with Gasteiger partial charge in [0.15, 0.2) is 5.82 Å². The van der Waals surface area contributed by atoms with Crippen molar-refractivity contribution in [3.63, 3.8) is 0 Å². The van der Waals surface area contributed by atoms with Crippen molar-refractivity contribution in [1.29, 1.82) is 0 Å². The van der Waals surface area contributed by atoms with Crippen LogP contribution in [0.4, 0.5) is 0 Å². The third-order valence-electron chi connectivity index (χ3n) is 2.14. The van der Waals surface area contributed by atoms with Crippen molar-refractivity contribution in [1.82, 2.24) is 9.97 Å². The number of nitrogens with two attached hydrogens (primary N) is 1. The second-order valence-electron chi connectivity index (χ2n) is 3.39. The minimum absolute atomic E-state index is 0.163. The Hall–Kier alpha value is -1.42. The molecular formula is C10H10IN5O2. The summed E-state index contributed by atoms with van der Waals surface area (Å²) in [4.78, 5) is 20.0. The summed E-state index contributed by atoms with van der Waals surface area (Å²) in [6, 6.07) is 1.67. The molecule has 2 heterocycles. The summed E-state index contributed by atoms with van der Waals surface area (Å²) >= 11 is 1.83. The quantitative estimate of drug-likeness (QED) is 0.379. The summed E-state index contributed by atoms with van der Waals surface area (Å²) in [6.07, 6.45) is 3.11. The number of aromatic nitrogens is 2. The minimum atomic E-state index is -1.24. The van der Waals surface area contributed by atoms with Gasteiger partial charge in [0, 0.05) is 12.4 Å². The molecule has 2 rings (SSSR count). The van der Waals surface area contributed by atoms with Crippen LogP contribution in [0.3, 0.4) is 0 Å². The van der Waals surface area contributed by atoms with Gasteiger partial charge in [-0.2, -0.15) is 0 Å². The van der Waals surface area contributed by atoms with E-state index in [4.69, 9.17) is 10.5 Å². The average molecular weight is 359 g/mol. The van der Waals surface area contributed by atoms with Crippen LogP contribution in [0, 0.1) is 0 Å². The van der Waals surface area contributed by atoms with Crippen molar-refractivity contribution in [2.45, 2.75) is 10.6 Å². The molecule has 0 saturated heterocycles. The molecule has 18 heavy (non-hydrogen) atoms. The monoisotopic (exact) mass is 359 g/mol. The number of hydrogen-bond acceptors (Lipinski definition) is 7. The van der Waals surface area contributed by atoms with Gasteiger partial charge in [0.2, 0.25) is 3.67 Å². The Labute approximate surface area is 117 Å². The van der Waals surface area contributed by atoms with Gasteiger partial charge < -0.3 is 4.74 Å². The van der Waals surface area contributed by atoms with Crippen LogP contribution in [-0.4, -0.2) is 26.2 Å². The fraction of sp³-hybridized carbons (Fsp3) is 0.300. The van der Waals surface area contributed by atoms with E-state index in [2.05, 4.69) is 20.2 Å². The van der Waals surface area contributed by atoms with Crippen LogP contribution in [0.2, 0.25) is 0 Å². The highest BCUT2D eigenvalue weighted by molar-refractivity contribution is 14.1. The summed E-state index contributed by atoms with van der Waals surface area (Å²) in [7, 11) is 0. The molecule has 0 fully saturated rings. The van der Waals surface area contributed by atoms with Crippen molar-refractivity contribution < 1.29 is 9.53 Å². The van der Waals surface area contributed by atoms with E-state index in [0.29, 0.717) is 5.82 Å². The Morgan fingerprint density at radius 2 is 2.17 bits per heavy atom. The number of rotatable bonds is 3. The third kappa shape index (κ3) is 2.38. The van der Waals surface area contributed by atoms with Crippen molar-refractivity contribution in [3.05, 3.63) is 29.9 Å². The number of halogens is 1. The van der Waals surface area contributed by atoms with Crippen LogP contribution in [0.15, 0.2) is 34.3 Å². The van der Waals surface area contributed by atoms with Gasteiger partial charge in [0.05, 0.1) is 6.61 Å². The zero-order chi connectivity index (χ0) is 13.2. The van der Waals surface area contributed by atoms with Gasteiger partial charge in [-0.05, 0) is 35.6 Å². The predicted molar refractivity (Wildman–Crippen MR) is 71.4 cm³/mol. The molecule has 1 unspecified atom stereocenters. The summed E-state index contributed by atoms with van der Waals surface area (Å²) in [5, 5.41) is 7.73. The summed E-state index contributed by atoms with van der Waals surface area (Å²) < 4.78 is 3.72. The van der Waals surface area contributed by atoms with E-state index in [-0.39, 0.29) is 17.9 Å². The molecular weight excluding hydrogens is 349 g/mol. The fourth-order valence-electron chi connectivity index (χ4n) is 1.41. The lowest BCUT2D eigenvalue weighted by Gasteiger charge is -2.14. The lowest BCUT2D eigenvalue weighted by molar-refractivity contribution is -0.138. The maximum absolute atomic E-state index is 11.9. The van der Waals surface area contributed by atoms with E-state index in [9.17, 15) is 4.79 Å². The molecule has 7 nitrogen and oxygen atoms in total. The van der Waals surface area contributed by atoms with Crippen LogP contribution < -0.4 is 5.73 Å². The normalized spacial score (nSPS) is 22.4. The van der Waals surface area contributed by atoms with Crippen LogP contribution >= 0.6 is 22.6 Å². The number of alkyl halides is 1. The first-order chi connectivity index (χ1) is 8.56. The Bertz CT molecular complexity index is 526. The number of azo groups is 1. The van der Waals surface area contributed by atoms with Crippen molar-refractivity contribution in [2.24, 2.45) is 16.0 Å². The lowest BCUT2D eigenvalue weighted by Crippen LogP contribution is -2.35. The molecule has 0 aromatic carbocycles. The van der Waals surface area contributed by atoms with E-state index in [1.165, 1.54) is 0 Å². The molecule has 1 atom stereocenters. The highest BCUT2D eigenvalue weighted by atomic mass is 127. The first-order valence-corrected chi connectivity index (χ1v) is 6.24. The zero-order valence-corrected chi connectivity index (χ0v) is 11.7. The van der Waals surface area contributed by atoms with Crippen molar-refractivity contribution in [3.8, 4) is 0 Å². The van der Waals surface area contributed by atoms with Gasteiger partial charge in [0.25, 0.3) is 0 Å². The number of carbonyl (C=O) groups excluding carboxylic acids is 1. The molecule has 1 aromatic heterocycles. The zero-order valence-electron chi connectivity index (χ0n) is 9.50. The van der Waals surface area contributed by atoms with Crippen LogP contribution in [0.1, 0.15) is 12.7 Å². The highest BCUT2D eigenvalue weighted by Crippen LogP contribution is 2.37. The molecule has 1 aliphatic rings. The summed E-state index contributed by atoms with van der Waals surface area (Å²) in [5.74, 6) is -0.254. The van der Waals surface area contributed by atoms with Gasteiger partial charge in [-0.1, -0.05) is 0 Å². The van der Waals surface area contributed by atoms with Crippen molar-refractivity contribution in [2.75, 3.05) is 6.61 Å².